The maximum atomic E-state index is 12.6. The highest BCUT2D eigenvalue weighted by Gasteiger charge is 2.30. The normalized spacial score (nSPS) is 11.8. The molecule has 136 valence electrons. The number of unbranched alkanes of at least 4 members (excludes halogenated alkanes) is 2. The molecule has 4 nitrogen and oxygen atoms in total. The standard InChI is InChI=1S/C19H18F3N3O/c1-2-3-4-8-25-9-7-13-10-17(24-12-15(13)18(25)26)16-6-5-14(11-23-16)19(20,21)22/h5-7,9-12H,2-4,8H2,1H3. The van der Waals surface area contributed by atoms with E-state index in [-0.39, 0.29) is 5.56 Å². The van der Waals surface area contributed by atoms with Crippen molar-refractivity contribution in [1.29, 1.82) is 0 Å². The van der Waals surface area contributed by atoms with Gasteiger partial charge in [-0.3, -0.25) is 14.8 Å². The number of halogens is 3. The van der Waals surface area contributed by atoms with Gasteiger partial charge in [0.25, 0.3) is 5.56 Å². The number of alkyl halides is 3. The van der Waals surface area contributed by atoms with Crippen molar-refractivity contribution in [3.05, 3.63) is 58.8 Å². The van der Waals surface area contributed by atoms with Gasteiger partial charge < -0.3 is 4.57 Å². The van der Waals surface area contributed by atoms with Crippen LogP contribution in [0.2, 0.25) is 0 Å². The van der Waals surface area contributed by atoms with Crippen LogP contribution in [0.15, 0.2) is 47.7 Å². The zero-order valence-electron chi connectivity index (χ0n) is 14.3. The van der Waals surface area contributed by atoms with Crippen molar-refractivity contribution in [2.24, 2.45) is 0 Å². The molecule has 0 amide bonds. The van der Waals surface area contributed by atoms with E-state index in [2.05, 4.69) is 16.9 Å². The molecule has 3 heterocycles. The van der Waals surface area contributed by atoms with Gasteiger partial charge in [0.2, 0.25) is 0 Å². The van der Waals surface area contributed by atoms with Gasteiger partial charge in [0, 0.05) is 25.1 Å². The summed E-state index contributed by atoms with van der Waals surface area (Å²) < 4.78 is 39.6. The van der Waals surface area contributed by atoms with Crippen LogP contribution in [-0.2, 0) is 12.7 Å². The fraction of sp³-hybridized carbons (Fsp3) is 0.316. The van der Waals surface area contributed by atoms with Gasteiger partial charge in [-0.1, -0.05) is 19.8 Å². The molecular formula is C19H18F3N3O. The van der Waals surface area contributed by atoms with E-state index in [9.17, 15) is 18.0 Å². The van der Waals surface area contributed by atoms with Crippen molar-refractivity contribution in [3.8, 4) is 11.4 Å². The SMILES string of the molecule is CCCCCn1ccc2cc(-c3ccc(C(F)(F)F)cn3)ncc2c1=O. The molecule has 0 bridgehead atoms. The van der Waals surface area contributed by atoms with Crippen LogP contribution in [0, 0.1) is 0 Å². The minimum atomic E-state index is -4.43. The lowest BCUT2D eigenvalue weighted by molar-refractivity contribution is -0.137. The third-order valence-corrected chi connectivity index (χ3v) is 4.22. The predicted molar refractivity (Wildman–Crippen MR) is 93.8 cm³/mol. The predicted octanol–water partition coefficient (Wildman–Crippen LogP) is 4.67. The molecule has 0 aliphatic rings. The Bertz CT molecular complexity index is 962. The van der Waals surface area contributed by atoms with E-state index in [0.717, 1.165) is 31.5 Å². The molecule has 3 aromatic rings. The molecule has 0 aliphatic heterocycles. The zero-order valence-corrected chi connectivity index (χ0v) is 14.3. The number of hydrogen-bond donors (Lipinski definition) is 0. The number of aromatic nitrogens is 3. The van der Waals surface area contributed by atoms with Gasteiger partial charge >= 0.3 is 6.18 Å². The molecule has 3 aromatic heterocycles. The van der Waals surface area contributed by atoms with Gasteiger partial charge in [0.15, 0.2) is 0 Å². The average molecular weight is 361 g/mol. The smallest absolute Gasteiger partial charge is 0.315 e. The van der Waals surface area contributed by atoms with Crippen molar-refractivity contribution in [2.45, 2.75) is 38.9 Å². The summed E-state index contributed by atoms with van der Waals surface area (Å²) in [5.74, 6) is 0. The van der Waals surface area contributed by atoms with Gasteiger partial charge in [0.1, 0.15) is 0 Å². The number of hydrogen-bond acceptors (Lipinski definition) is 3. The van der Waals surface area contributed by atoms with E-state index >= 15 is 0 Å². The summed E-state index contributed by atoms with van der Waals surface area (Å²) in [5, 5.41) is 1.17. The topological polar surface area (TPSA) is 47.8 Å². The highest BCUT2D eigenvalue weighted by molar-refractivity contribution is 5.83. The number of fused-ring (bicyclic) bond motifs is 1. The van der Waals surface area contributed by atoms with Crippen molar-refractivity contribution in [2.75, 3.05) is 0 Å². The summed E-state index contributed by atoms with van der Waals surface area (Å²) in [6, 6.07) is 5.74. The van der Waals surface area contributed by atoms with Crippen LogP contribution in [-0.4, -0.2) is 14.5 Å². The summed E-state index contributed by atoms with van der Waals surface area (Å²) in [5.41, 5.74) is -0.170. The molecule has 0 unspecified atom stereocenters. The van der Waals surface area contributed by atoms with Gasteiger partial charge in [0.05, 0.1) is 22.3 Å². The first-order valence-corrected chi connectivity index (χ1v) is 8.43. The molecule has 0 aromatic carbocycles. The van der Waals surface area contributed by atoms with Crippen molar-refractivity contribution < 1.29 is 13.2 Å². The molecule has 0 spiro atoms. The molecule has 3 rings (SSSR count). The number of aryl methyl sites for hydroxylation is 1. The Morgan fingerprint density at radius 3 is 2.46 bits per heavy atom. The van der Waals surface area contributed by atoms with Crippen LogP contribution >= 0.6 is 0 Å². The fourth-order valence-corrected chi connectivity index (χ4v) is 2.74. The maximum Gasteiger partial charge on any atom is 0.417 e. The Balaban J connectivity index is 1.92. The largest absolute Gasteiger partial charge is 0.417 e. The van der Waals surface area contributed by atoms with Crippen LogP contribution in [0.3, 0.4) is 0 Å². The second-order valence-electron chi connectivity index (χ2n) is 6.11. The van der Waals surface area contributed by atoms with Crippen LogP contribution in [0.25, 0.3) is 22.2 Å². The van der Waals surface area contributed by atoms with Crippen molar-refractivity contribution >= 4 is 10.8 Å². The summed E-state index contributed by atoms with van der Waals surface area (Å²) in [6.07, 6.45) is 2.63. The first-order valence-electron chi connectivity index (χ1n) is 8.43. The second kappa shape index (κ2) is 7.27. The molecule has 0 N–H and O–H groups in total. The zero-order chi connectivity index (χ0) is 18.7. The van der Waals surface area contributed by atoms with Crippen LogP contribution in [0.1, 0.15) is 31.7 Å². The molecule has 7 heteroatoms. The highest BCUT2D eigenvalue weighted by atomic mass is 19.4. The minimum absolute atomic E-state index is 0.113. The summed E-state index contributed by atoms with van der Waals surface area (Å²) >= 11 is 0. The third-order valence-electron chi connectivity index (χ3n) is 4.22. The number of rotatable bonds is 5. The number of nitrogens with zero attached hydrogens (tertiary/aromatic N) is 3. The van der Waals surface area contributed by atoms with Gasteiger partial charge in [-0.25, -0.2) is 0 Å². The van der Waals surface area contributed by atoms with E-state index in [4.69, 9.17) is 0 Å². The summed E-state index contributed by atoms with van der Waals surface area (Å²) in [7, 11) is 0. The van der Waals surface area contributed by atoms with Crippen LogP contribution < -0.4 is 5.56 Å². The van der Waals surface area contributed by atoms with Crippen molar-refractivity contribution in [3.63, 3.8) is 0 Å². The van der Waals surface area contributed by atoms with E-state index in [0.29, 0.717) is 28.7 Å². The van der Waals surface area contributed by atoms with E-state index < -0.39 is 11.7 Å². The minimum Gasteiger partial charge on any atom is -0.315 e. The molecule has 26 heavy (non-hydrogen) atoms. The Morgan fingerprint density at radius 1 is 1.04 bits per heavy atom. The van der Waals surface area contributed by atoms with Crippen LogP contribution in [0.4, 0.5) is 13.2 Å². The Morgan fingerprint density at radius 2 is 1.81 bits per heavy atom. The molecule has 0 radical (unpaired) electrons. The van der Waals surface area contributed by atoms with Gasteiger partial charge in [-0.05, 0) is 36.1 Å². The maximum absolute atomic E-state index is 12.6. The lowest BCUT2D eigenvalue weighted by Crippen LogP contribution is -2.19. The Hall–Kier alpha value is -2.70. The molecule has 0 atom stereocenters. The third kappa shape index (κ3) is 3.76. The Kier molecular flexibility index (Phi) is 5.06. The quantitative estimate of drug-likeness (QED) is 0.621. The lowest BCUT2D eigenvalue weighted by Gasteiger charge is -2.09. The van der Waals surface area contributed by atoms with Gasteiger partial charge in [-0.2, -0.15) is 13.2 Å². The molecule has 0 fully saturated rings. The molecule has 0 saturated carbocycles. The highest BCUT2D eigenvalue weighted by Crippen LogP contribution is 2.29. The summed E-state index contributed by atoms with van der Waals surface area (Å²) in [4.78, 5) is 20.6. The second-order valence-corrected chi connectivity index (χ2v) is 6.11. The molecule has 0 saturated heterocycles. The first-order chi connectivity index (χ1) is 12.4. The van der Waals surface area contributed by atoms with E-state index in [1.54, 1.807) is 16.8 Å². The summed E-state index contributed by atoms with van der Waals surface area (Å²) in [6.45, 7) is 2.76. The average Bonchev–Trinajstić information content (AvgIpc) is 2.63. The first kappa shape index (κ1) is 18.1. The van der Waals surface area contributed by atoms with Crippen molar-refractivity contribution in [1.82, 2.24) is 14.5 Å². The molecular weight excluding hydrogens is 343 g/mol. The molecule has 0 aliphatic carbocycles. The lowest BCUT2D eigenvalue weighted by atomic mass is 10.1. The van der Waals surface area contributed by atoms with E-state index in [1.807, 2.05) is 6.07 Å². The number of pyridine rings is 3. The van der Waals surface area contributed by atoms with Gasteiger partial charge in [-0.15, -0.1) is 0 Å². The monoisotopic (exact) mass is 361 g/mol. The fourth-order valence-electron chi connectivity index (χ4n) is 2.74. The van der Waals surface area contributed by atoms with E-state index in [1.165, 1.54) is 12.3 Å². The van der Waals surface area contributed by atoms with Crippen LogP contribution in [0.5, 0.6) is 0 Å². The Labute approximate surface area is 148 Å².